The molecule has 6 heteroatoms. The molecule has 120 valence electrons. The molecule has 0 aromatic heterocycles. The smallest absolute Gasteiger partial charge is 0.323 e. The van der Waals surface area contributed by atoms with Crippen LogP contribution in [0.25, 0.3) is 0 Å². The van der Waals surface area contributed by atoms with E-state index in [1.807, 2.05) is 36.4 Å². The van der Waals surface area contributed by atoms with Crippen LogP contribution in [-0.4, -0.2) is 32.3 Å². The van der Waals surface area contributed by atoms with Crippen LogP contribution in [0.15, 0.2) is 48.5 Å². The Bertz CT molecular complexity index is 670. The Morgan fingerprint density at radius 3 is 2.39 bits per heavy atom. The molecule has 0 aliphatic carbocycles. The van der Waals surface area contributed by atoms with Gasteiger partial charge in [0.25, 0.3) is 0 Å². The number of nitrogens with one attached hydrogen (secondary N) is 2. The first-order valence-corrected chi connectivity index (χ1v) is 7.85. The molecule has 0 spiro atoms. The fourth-order valence-electron chi connectivity index (χ4n) is 2.42. The Kier molecular flexibility index (Phi) is 5.00. The van der Waals surface area contributed by atoms with Crippen LogP contribution in [-0.2, 0) is 4.74 Å². The number of urea groups is 1. The number of anilines is 3. The van der Waals surface area contributed by atoms with Crippen molar-refractivity contribution in [2.45, 2.75) is 0 Å². The van der Waals surface area contributed by atoms with Crippen LogP contribution in [0, 0.1) is 0 Å². The first-order valence-electron chi connectivity index (χ1n) is 7.48. The SMILES string of the molecule is O=C(Nc1ccc(N2CCOCC2)cc1)Nc1ccccc1Cl. The molecule has 0 unspecified atom stereocenters. The molecule has 1 fully saturated rings. The number of carbonyl (C=O) groups is 1. The Balaban J connectivity index is 1.59. The summed E-state index contributed by atoms with van der Waals surface area (Å²) in [7, 11) is 0. The van der Waals surface area contributed by atoms with Gasteiger partial charge in [-0.2, -0.15) is 0 Å². The number of halogens is 1. The zero-order valence-corrected chi connectivity index (χ0v) is 13.3. The van der Waals surface area contributed by atoms with Crippen LogP contribution in [0.2, 0.25) is 5.02 Å². The van der Waals surface area contributed by atoms with Crippen LogP contribution in [0.4, 0.5) is 21.9 Å². The summed E-state index contributed by atoms with van der Waals surface area (Å²) in [5.74, 6) is 0. The van der Waals surface area contributed by atoms with Crippen LogP contribution in [0.1, 0.15) is 0 Å². The number of hydrogen-bond acceptors (Lipinski definition) is 3. The van der Waals surface area contributed by atoms with Gasteiger partial charge in [0.1, 0.15) is 0 Å². The van der Waals surface area contributed by atoms with Crippen LogP contribution >= 0.6 is 11.6 Å². The largest absolute Gasteiger partial charge is 0.378 e. The lowest BCUT2D eigenvalue weighted by Crippen LogP contribution is -2.36. The Labute approximate surface area is 140 Å². The van der Waals surface area contributed by atoms with Gasteiger partial charge in [0.05, 0.1) is 23.9 Å². The lowest BCUT2D eigenvalue weighted by atomic mass is 10.2. The third-order valence-electron chi connectivity index (χ3n) is 3.62. The number of hydrogen-bond donors (Lipinski definition) is 2. The van der Waals surface area contributed by atoms with Gasteiger partial charge < -0.3 is 20.3 Å². The number of para-hydroxylation sites is 1. The van der Waals surface area contributed by atoms with Crippen molar-refractivity contribution in [3.05, 3.63) is 53.6 Å². The summed E-state index contributed by atoms with van der Waals surface area (Å²) in [5, 5.41) is 6.03. The monoisotopic (exact) mass is 331 g/mol. The highest BCUT2D eigenvalue weighted by molar-refractivity contribution is 6.33. The molecule has 23 heavy (non-hydrogen) atoms. The summed E-state index contributed by atoms with van der Waals surface area (Å²) >= 11 is 6.02. The van der Waals surface area contributed by atoms with Gasteiger partial charge in [0.15, 0.2) is 0 Å². The molecule has 0 atom stereocenters. The highest BCUT2D eigenvalue weighted by atomic mass is 35.5. The number of carbonyl (C=O) groups excluding carboxylic acids is 1. The zero-order valence-electron chi connectivity index (χ0n) is 12.6. The van der Waals surface area contributed by atoms with E-state index in [2.05, 4.69) is 15.5 Å². The predicted molar refractivity (Wildman–Crippen MR) is 93.6 cm³/mol. The molecule has 1 aliphatic rings. The van der Waals surface area contributed by atoms with Gasteiger partial charge in [-0.1, -0.05) is 23.7 Å². The fraction of sp³-hybridized carbons (Fsp3) is 0.235. The molecular weight excluding hydrogens is 314 g/mol. The highest BCUT2D eigenvalue weighted by Gasteiger charge is 2.11. The molecule has 1 heterocycles. The Morgan fingerprint density at radius 2 is 1.70 bits per heavy atom. The van der Waals surface area contributed by atoms with E-state index in [0.29, 0.717) is 10.7 Å². The minimum atomic E-state index is -0.322. The summed E-state index contributed by atoms with van der Waals surface area (Å²) in [6.07, 6.45) is 0. The topological polar surface area (TPSA) is 53.6 Å². The number of morpholine rings is 1. The molecule has 0 bridgehead atoms. The standard InChI is InChI=1S/C17H18ClN3O2/c18-15-3-1-2-4-16(15)20-17(22)19-13-5-7-14(8-6-13)21-9-11-23-12-10-21/h1-8H,9-12H2,(H2,19,20,22). The van der Waals surface area contributed by atoms with Gasteiger partial charge in [0, 0.05) is 24.5 Å². The van der Waals surface area contributed by atoms with E-state index in [4.69, 9.17) is 16.3 Å². The molecule has 2 aromatic rings. The van der Waals surface area contributed by atoms with E-state index in [9.17, 15) is 4.79 Å². The van der Waals surface area contributed by atoms with E-state index in [-0.39, 0.29) is 6.03 Å². The molecule has 1 saturated heterocycles. The minimum Gasteiger partial charge on any atom is -0.378 e. The highest BCUT2D eigenvalue weighted by Crippen LogP contribution is 2.22. The number of amides is 2. The molecule has 2 amide bonds. The van der Waals surface area contributed by atoms with Crippen molar-refractivity contribution in [2.75, 3.05) is 41.8 Å². The molecule has 1 aliphatic heterocycles. The fourth-order valence-corrected chi connectivity index (χ4v) is 2.61. The van der Waals surface area contributed by atoms with Crippen molar-refractivity contribution < 1.29 is 9.53 Å². The predicted octanol–water partition coefficient (Wildman–Crippen LogP) is 3.82. The molecule has 0 saturated carbocycles. The average Bonchev–Trinajstić information content (AvgIpc) is 2.58. The van der Waals surface area contributed by atoms with Gasteiger partial charge in [-0.15, -0.1) is 0 Å². The second kappa shape index (κ2) is 7.35. The lowest BCUT2D eigenvalue weighted by molar-refractivity contribution is 0.122. The maximum Gasteiger partial charge on any atom is 0.323 e. The van der Waals surface area contributed by atoms with Gasteiger partial charge in [-0.25, -0.2) is 4.79 Å². The summed E-state index contributed by atoms with van der Waals surface area (Å²) in [4.78, 5) is 14.3. The van der Waals surface area contributed by atoms with E-state index in [1.165, 1.54) is 0 Å². The van der Waals surface area contributed by atoms with E-state index >= 15 is 0 Å². The summed E-state index contributed by atoms with van der Waals surface area (Å²) in [6.45, 7) is 3.28. The molecule has 0 radical (unpaired) electrons. The molecule has 2 aromatic carbocycles. The minimum absolute atomic E-state index is 0.322. The third-order valence-corrected chi connectivity index (χ3v) is 3.95. The van der Waals surface area contributed by atoms with Gasteiger partial charge in [-0.3, -0.25) is 0 Å². The van der Waals surface area contributed by atoms with Crippen molar-refractivity contribution in [3.63, 3.8) is 0 Å². The van der Waals surface area contributed by atoms with Gasteiger partial charge in [-0.05, 0) is 36.4 Å². The molecule has 3 rings (SSSR count). The van der Waals surface area contributed by atoms with E-state index in [0.717, 1.165) is 37.7 Å². The number of ether oxygens (including phenoxy) is 1. The van der Waals surface area contributed by atoms with Crippen LogP contribution < -0.4 is 15.5 Å². The maximum absolute atomic E-state index is 12.0. The maximum atomic E-state index is 12.0. The summed E-state index contributed by atoms with van der Waals surface area (Å²) < 4.78 is 5.35. The Morgan fingerprint density at radius 1 is 1.00 bits per heavy atom. The number of nitrogens with zero attached hydrogens (tertiary/aromatic N) is 1. The van der Waals surface area contributed by atoms with Crippen molar-refractivity contribution >= 4 is 34.7 Å². The number of rotatable bonds is 3. The average molecular weight is 332 g/mol. The quantitative estimate of drug-likeness (QED) is 0.899. The molecular formula is C17H18ClN3O2. The summed E-state index contributed by atoms with van der Waals surface area (Å²) in [6, 6.07) is 14.6. The third kappa shape index (κ3) is 4.15. The first-order chi connectivity index (χ1) is 11.2. The second-order valence-electron chi connectivity index (χ2n) is 5.21. The van der Waals surface area contributed by atoms with Gasteiger partial charge in [0.2, 0.25) is 0 Å². The Hall–Kier alpha value is -2.24. The van der Waals surface area contributed by atoms with Gasteiger partial charge >= 0.3 is 6.03 Å². The molecule has 5 nitrogen and oxygen atoms in total. The molecule has 2 N–H and O–H groups in total. The number of benzene rings is 2. The van der Waals surface area contributed by atoms with Crippen molar-refractivity contribution in [3.8, 4) is 0 Å². The van der Waals surface area contributed by atoms with Crippen LogP contribution in [0.3, 0.4) is 0 Å². The summed E-state index contributed by atoms with van der Waals surface area (Å²) in [5.41, 5.74) is 2.44. The van der Waals surface area contributed by atoms with Crippen molar-refractivity contribution in [2.24, 2.45) is 0 Å². The zero-order chi connectivity index (χ0) is 16.1. The first kappa shape index (κ1) is 15.6. The van der Waals surface area contributed by atoms with Crippen LogP contribution in [0.5, 0.6) is 0 Å². The van der Waals surface area contributed by atoms with Crippen molar-refractivity contribution in [1.82, 2.24) is 0 Å². The van der Waals surface area contributed by atoms with E-state index < -0.39 is 0 Å². The normalized spacial score (nSPS) is 14.4. The van der Waals surface area contributed by atoms with Crippen molar-refractivity contribution in [1.29, 1.82) is 0 Å². The second-order valence-corrected chi connectivity index (χ2v) is 5.61. The lowest BCUT2D eigenvalue weighted by Gasteiger charge is -2.28. The van der Waals surface area contributed by atoms with E-state index in [1.54, 1.807) is 12.1 Å².